The van der Waals surface area contributed by atoms with Crippen molar-refractivity contribution < 1.29 is 29.3 Å². The Bertz CT molecular complexity index is 2170. The first-order chi connectivity index (χ1) is 21.8. The molecule has 0 aliphatic heterocycles. The lowest BCUT2D eigenvalue weighted by molar-refractivity contribution is 0.0676. The third kappa shape index (κ3) is 6.35. The van der Waals surface area contributed by atoms with Gasteiger partial charge in [-0.05, 0) is 48.4 Å². The molecular weight excluding hydrogens is 584 g/mol. The molecule has 6 rings (SSSR count). The number of aromatic amines is 2. The minimum Gasteiger partial charge on any atom is -0.476 e. The van der Waals surface area contributed by atoms with Crippen LogP contribution in [-0.2, 0) is 7.05 Å². The minimum atomic E-state index is -1.27. The lowest BCUT2D eigenvalue weighted by atomic mass is 10.2. The van der Waals surface area contributed by atoms with Gasteiger partial charge in [0.1, 0.15) is 17.2 Å². The number of carboxylic acids is 2. The second kappa shape index (κ2) is 12.0. The SMILES string of the molecule is Cn1nc(C#Cc2cccc(Oc3[nH]nnc3C(=O)O)c2)cc1-n1cc(C#Cc2ccc(Oc3[nH]nnc3C(=O)O)cc2)cn1. The van der Waals surface area contributed by atoms with Crippen LogP contribution < -0.4 is 9.47 Å². The van der Waals surface area contributed by atoms with E-state index in [2.05, 4.69) is 64.7 Å². The van der Waals surface area contributed by atoms with Crippen molar-refractivity contribution in [2.24, 2.45) is 7.05 Å². The van der Waals surface area contributed by atoms with Gasteiger partial charge in [-0.3, -0.25) is 0 Å². The van der Waals surface area contributed by atoms with Gasteiger partial charge >= 0.3 is 11.9 Å². The van der Waals surface area contributed by atoms with Gasteiger partial charge in [-0.2, -0.15) is 10.2 Å². The van der Waals surface area contributed by atoms with E-state index in [0.717, 1.165) is 0 Å². The molecule has 16 nitrogen and oxygen atoms in total. The van der Waals surface area contributed by atoms with Gasteiger partial charge in [0.25, 0.3) is 11.8 Å². The molecule has 220 valence electrons. The van der Waals surface area contributed by atoms with E-state index >= 15 is 0 Å². The molecule has 0 amide bonds. The maximum absolute atomic E-state index is 11.2. The summed E-state index contributed by atoms with van der Waals surface area (Å²) < 4.78 is 14.3. The van der Waals surface area contributed by atoms with Crippen LogP contribution in [0, 0.1) is 23.7 Å². The van der Waals surface area contributed by atoms with E-state index in [1.54, 1.807) is 83.4 Å². The molecule has 0 fully saturated rings. The number of nitrogens with zero attached hydrogens (tertiary/aromatic N) is 8. The predicted octanol–water partition coefficient (Wildman–Crippen LogP) is 2.62. The van der Waals surface area contributed by atoms with E-state index < -0.39 is 11.9 Å². The monoisotopic (exact) mass is 602 g/mol. The summed E-state index contributed by atoms with van der Waals surface area (Å²) >= 11 is 0. The van der Waals surface area contributed by atoms with Crippen molar-refractivity contribution in [3.8, 4) is 52.8 Å². The summed E-state index contributed by atoms with van der Waals surface area (Å²) in [6.45, 7) is 0. The first-order valence-corrected chi connectivity index (χ1v) is 12.8. The molecule has 45 heavy (non-hydrogen) atoms. The molecule has 4 aromatic heterocycles. The summed E-state index contributed by atoms with van der Waals surface area (Å²) in [5, 5.41) is 45.8. The fourth-order valence-electron chi connectivity index (χ4n) is 3.87. The maximum Gasteiger partial charge on any atom is 0.362 e. The molecule has 0 atom stereocenters. The highest BCUT2D eigenvalue weighted by molar-refractivity contribution is 5.88. The van der Waals surface area contributed by atoms with Crippen molar-refractivity contribution in [3.05, 3.63) is 101 Å². The number of aromatic carboxylic acids is 2. The molecule has 4 heterocycles. The molecule has 0 saturated heterocycles. The van der Waals surface area contributed by atoms with Gasteiger partial charge < -0.3 is 19.7 Å². The topological polar surface area (TPSA) is 212 Å². The van der Waals surface area contributed by atoms with Crippen molar-refractivity contribution in [1.29, 1.82) is 0 Å². The maximum atomic E-state index is 11.2. The summed E-state index contributed by atoms with van der Waals surface area (Å²) in [6, 6.07) is 15.3. The molecule has 6 aromatic rings. The molecular formula is C29H18N10O6. The lowest BCUT2D eigenvalue weighted by Crippen LogP contribution is -2.02. The fraction of sp³-hybridized carbons (Fsp3) is 0.0345. The number of hydrogen-bond donors (Lipinski definition) is 4. The van der Waals surface area contributed by atoms with E-state index in [1.807, 2.05) is 0 Å². The summed E-state index contributed by atoms with van der Waals surface area (Å²) in [5.41, 5.74) is 1.83. The number of nitrogens with one attached hydrogen (secondary N) is 2. The number of H-pyrrole nitrogens is 2. The van der Waals surface area contributed by atoms with E-state index in [9.17, 15) is 14.7 Å². The van der Waals surface area contributed by atoms with Crippen LogP contribution in [0.5, 0.6) is 23.3 Å². The summed E-state index contributed by atoms with van der Waals surface area (Å²) in [4.78, 5) is 22.4. The Morgan fingerprint density at radius 1 is 0.778 bits per heavy atom. The normalized spacial score (nSPS) is 10.3. The Labute approximate surface area is 252 Å². The molecule has 0 aliphatic rings. The van der Waals surface area contributed by atoms with Crippen LogP contribution in [0.1, 0.15) is 43.4 Å². The first-order valence-electron chi connectivity index (χ1n) is 12.8. The molecule has 0 bridgehead atoms. The van der Waals surface area contributed by atoms with Gasteiger partial charge in [-0.15, -0.1) is 10.2 Å². The van der Waals surface area contributed by atoms with Crippen molar-refractivity contribution in [3.63, 3.8) is 0 Å². The molecule has 4 N–H and O–H groups in total. The number of hydrogen-bond acceptors (Lipinski definition) is 10. The quantitative estimate of drug-likeness (QED) is 0.194. The fourth-order valence-corrected chi connectivity index (χ4v) is 3.87. The first kappa shape index (κ1) is 27.9. The molecule has 0 saturated carbocycles. The smallest absolute Gasteiger partial charge is 0.362 e. The van der Waals surface area contributed by atoms with Crippen LogP contribution in [0.4, 0.5) is 0 Å². The Morgan fingerprint density at radius 3 is 2.11 bits per heavy atom. The Kier molecular flexibility index (Phi) is 7.43. The van der Waals surface area contributed by atoms with Crippen LogP contribution in [0.15, 0.2) is 67.0 Å². The minimum absolute atomic E-state index is 0.0706. The largest absolute Gasteiger partial charge is 0.476 e. The summed E-state index contributed by atoms with van der Waals surface area (Å²) in [5.74, 6) is 10.8. The molecule has 0 radical (unpaired) electrons. The number of aromatic nitrogens is 10. The summed E-state index contributed by atoms with van der Waals surface area (Å²) in [6.07, 6.45) is 3.38. The Hall–Kier alpha value is -7.20. The average Bonchev–Trinajstić information content (AvgIpc) is 3.83. The van der Waals surface area contributed by atoms with E-state index in [0.29, 0.717) is 39.7 Å². The molecule has 0 spiro atoms. The van der Waals surface area contributed by atoms with E-state index in [1.165, 1.54) is 0 Å². The standard InChI is InChI=1S/C29H18N10O6/c1-38-23(14-20(35-38)10-7-18-3-2-4-22(13-18)45-27-25(29(42)43)32-37-34-27)39-16-19(15-30-39)6-5-17-8-11-21(12-9-17)44-26-24(28(40)41)31-36-33-26/h2-4,8-9,11-16H,1H3,(H,40,41)(H,42,43)(H,31,33,36)(H,32,34,37). The number of carboxylic acid groups (broad SMARTS) is 2. The van der Waals surface area contributed by atoms with E-state index in [4.69, 9.17) is 14.6 Å². The van der Waals surface area contributed by atoms with Gasteiger partial charge in [-0.25, -0.2) is 29.2 Å². The highest BCUT2D eigenvalue weighted by Gasteiger charge is 2.18. The van der Waals surface area contributed by atoms with Gasteiger partial charge in [0.2, 0.25) is 11.4 Å². The Balaban J connectivity index is 1.12. The molecule has 0 aliphatic carbocycles. The van der Waals surface area contributed by atoms with Crippen LogP contribution in [0.2, 0.25) is 0 Å². The molecule has 16 heteroatoms. The van der Waals surface area contributed by atoms with Crippen LogP contribution in [-0.4, -0.2) is 72.5 Å². The molecule has 2 aromatic carbocycles. The third-order valence-corrected chi connectivity index (χ3v) is 5.93. The van der Waals surface area contributed by atoms with Crippen LogP contribution >= 0.6 is 0 Å². The van der Waals surface area contributed by atoms with Crippen molar-refractivity contribution in [2.45, 2.75) is 0 Å². The zero-order valence-corrected chi connectivity index (χ0v) is 23.0. The van der Waals surface area contributed by atoms with Crippen LogP contribution in [0.3, 0.4) is 0 Å². The van der Waals surface area contributed by atoms with Gasteiger partial charge in [0, 0.05) is 30.4 Å². The van der Waals surface area contributed by atoms with Crippen molar-refractivity contribution in [1.82, 2.24) is 50.4 Å². The zero-order valence-electron chi connectivity index (χ0n) is 23.0. The number of rotatable bonds is 7. The van der Waals surface area contributed by atoms with Crippen LogP contribution in [0.25, 0.3) is 5.82 Å². The van der Waals surface area contributed by atoms with Crippen molar-refractivity contribution >= 4 is 11.9 Å². The van der Waals surface area contributed by atoms with Crippen molar-refractivity contribution in [2.75, 3.05) is 0 Å². The van der Waals surface area contributed by atoms with Gasteiger partial charge in [-0.1, -0.05) is 34.3 Å². The number of aryl methyl sites for hydroxylation is 1. The number of benzene rings is 2. The third-order valence-electron chi connectivity index (χ3n) is 5.93. The number of carbonyl (C=O) groups is 2. The summed E-state index contributed by atoms with van der Waals surface area (Å²) in [7, 11) is 1.77. The average molecular weight is 603 g/mol. The zero-order chi connectivity index (χ0) is 31.3. The molecule has 0 unspecified atom stereocenters. The van der Waals surface area contributed by atoms with Gasteiger partial charge in [0.05, 0.1) is 11.8 Å². The highest BCUT2D eigenvalue weighted by atomic mass is 16.5. The lowest BCUT2D eigenvalue weighted by Gasteiger charge is -2.03. The predicted molar refractivity (Wildman–Crippen MR) is 152 cm³/mol. The second-order valence-corrected chi connectivity index (χ2v) is 9.03. The second-order valence-electron chi connectivity index (χ2n) is 9.03. The van der Waals surface area contributed by atoms with Gasteiger partial charge in [0.15, 0.2) is 5.82 Å². The highest BCUT2D eigenvalue weighted by Crippen LogP contribution is 2.23. The number of ether oxygens (including phenoxy) is 2. The Morgan fingerprint density at radius 2 is 1.42 bits per heavy atom. The van der Waals surface area contributed by atoms with E-state index in [-0.39, 0.29) is 23.1 Å².